The van der Waals surface area contributed by atoms with Gasteiger partial charge >= 0.3 is 0 Å². The van der Waals surface area contributed by atoms with E-state index < -0.39 is 5.60 Å². The van der Waals surface area contributed by atoms with E-state index in [-0.39, 0.29) is 0 Å². The highest BCUT2D eigenvalue weighted by Gasteiger charge is 2.32. The average Bonchev–Trinajstić information content (AvgIpc) is 2.57. The fraction of sp³-hybridized carbons (Fsp3) is 0.200. The summed E-state index contributed by atoms with van der Waals surface area (Å²) in [5, 5.41) is 11.4. The Bertz CT molecular complexity index is 640. The Morgan fingerprint density at radius 2 is 1.52 bits per heavy atom. The molecule has 0 aliphatic heterocycles. The van der Waals surface area contributed by atoms with Gasteiger partial charge in [0.25, 0.3) is 0 Å². The summed E-state index contributed by atoms with van der Waals surface area (Å²) in [4.78, 5) is 0. The molecule has 0 bridgehead atoms. The van der Waals surface area contributed by atoms with E-state index in [1.807, 2.05) is 48.5 Å². The molecule has 1 aliphatic carbocycles. The summed E-state index contributed by atoms with van der Waals surface area (Å²) in [6.07, 6.45) is 9.02. The molecule has 1 heteroatoms. The van der Waals surface area contributed by atoms with Crippen molar-refractivity contribution in [1.29, 1.82) is 0 Å². The van der Waals surface area contributed by atoms with Crippen LogP contribution in [0.5, 0.6) is 0 Å². The van der Waals surface area contributed by atoms with E-state index in [0.717, 1.165) is 29.5 Å². The lowest BCUT2D eigenvalue weighted by atomic mass is 9.79. The maximum Gasteiger partial charge on any atom is 0.118 e. The summed E-state index contributed by atoms with van der Waals surface area (Å²) < 4.78 is 0. The molecule has 1 N–H and O–H groups in total. The zero-order valence-corrected chi connectivity index (χ0v) is 12.1. The normalized spacial score (nSPS) is 17.1. The molecule has 1 unspecified atom stereocenters. The Kier molecular flexibility index (Phi) is 4.03. The Balaban J connectivity index is 2.02. The molecule has 0 spiro atoms. The average molecular weight is 276 g/mol. The maximum atomic E-state index is 11.4. The van der Waals surface area contributed by atoms with Crippen molar-refractivity contribution in [3.8, 4) is 0 Å². The first-order valence-corrected chi connectivity index (χ1v) is 7.48. The molecule has 0 heterocycles. The molecule has 21 heavy (non-hydrogen) atoms. The van der Waals surface area contributed by atoms with Gasteiger partial charge in [-0.3, -0.25) is 0 Å². The Morgan fingerprint density at radius 3 is 2.14 bits per heavy atom. The van der Waals surface area contributed by atoms with Crippen molar-refractivity contribution in [2.45, 2.75) is 24.9 Å². The third-order valence-corrected chi connectivity index (χ3v) is 4.03. The van der Waals surface area contributed by atoms with E-state index in [4.69, 9.17) is 0 Å². The molecule has 1 nitrogen and oxygen atoms in total. The van der Waals surface area contributed by atoms with Gasteiger partial charge in [-0.2, -0.15) is 0 Å². The summed E-state index contributed by atoms with van der Waals surface area (Å²) in [7, 11) is 0. The van der Waals surface area contributed by atoms with Crippen molar-refractivity contribution in [3.63, 3.8) is 0 Å². The minimum absolute atomic E-state index is 0.591. The quantitative estimate of drug-likeness (QED) is 0.878. The third-order valence-electron chi connectivity index (χ3n) is 4.03. The minimum atomic E-state index is -0.959. The predicted molar refractivity (Wildman–Crippen MR) is 86.9 cm³/mol. The van der Waals surface area contributed by atoms with Crippen LogP contribution in [0.1, 0.15) is 24.0 Å². The van der Waals surface area contributed by atoms with Gasteiger partial charge in [-0.25, -0.2) is 0 Å². The second-order valence-electron chi connectivity index (χ2n) is 5.53. The van der Waals surface area contributed by atoms with Crippen LogP contribution in [0, 0.1) is 0 Å². The van der Waals surface area contributed by atoms with E-state index in [9.17, 15) is 5.11 Å². The molecule has 2 aromatic rings. The molecular formula is C20H20O. The van der Waals surface area contributed by atoms with Gasteiger partial charge in [0, 0.05) is 6.42 Å². The SMILES string of the molecule is OC(Cc1ccccc1)(C1=CCCC=C1)c1ccccc1. The standard InChI is InChI=1S/C20H20O/c21-20(18-12-6-2-7-13-18,19-14-8-3-9-15-19)16-17-10-4-1-5-11-17/h1-2,4-8,10-15,21H,3,9,16H2. The number of rotatable bonds is 4. The molecule has 106 valence electrons. The smallest absolute Gasteiger partial charge is 0.118 e. The predicted octanol–water partition coefficient (Wildman–Crippen LogP) is 4.39. The van der Waals surface area contributed by atoms with Crippen LogP contribution in [0.15, 0.2) is 84.5 Å². The fourth-order valence-corrected chi connectivity index (χ4v) is 2.90. The topological polar surface area (TPSA) is 20.2 Å². The second-order valence-corrected chi connectivity index (χ2v) is 5.53. The van der Waals surface area contributed by atoms with Crippen LogP contribution in [0.25, 0.3) is 0 Å². The van der Waals surface area contributed by atoms with E-state index >= 15 is 0 Å². The summed E-state index contributed by atoms with van der Waals surface area (Å²) in [6.45, 7) is 0. The van der Waals surface area contributed by atoms with Gasteiger partial charge in [-0.05, 0) is 29.5 Å². The van der Waals surface area contributed by atoms with Crippen LogP contribution in [0.4, 0.5) is 0 Å². The Hall–Kier alpha value is -2.12. The fourth-order valence-electron chi connectivity index (χ4n) is 2.90. The summed E-state index contributed by atoms with van der Waals surface area (Å²) in [5.74, 6) is 0. The lowest BCUT2D eigenvalue weighted by molar-refractivity contribution is 0.0797. The van der Waals surface area contributed by atoms with Gasteiger partial charge in [0.1, 0.15) is 5.60 Å². The highest BCUT2D eigenvalue weighted by molar-refractivity contribution is 5.42. The van der Waals surface area contributed by atoms with Gasteiger partial charge < -0.3 is 5.11 Å². The summed E-state index contributed by atoms with van der Waals surface area (Å²) in [5.41, 5.74) is 2.14. The molecule has 3 rings (SSSR count). The van der Waals surface area contributed by atoms with Crippen LogP contribution in [0.3, 0.4) is 0 Å². The molecule has 1 atom stereocenters. The van der Waals surface area contributed by atoms with Crippen LogP contribution in [-0.4, -0.2) is 5.11 Å². The van der Waals surface area contributed by atoms with Gasteiger partial charge in [-0.1, -0.05) is 78.9 Å². The molecular weight excluding hydrogens is 256 g/mol. The van der Waals surface area contributed by atoms with Gasteiger partial charge in [0.2, 0.25) is 0 Å². The number of benzene rings is 2. The van der Waals surface area contributed by atoms with Crippen molar-refractivity contribution >= 4 is 0 Å². The third kappa shape index (κ3) is 2.98. The molecule has 2 aromatic carbocycles. The lowest BCUT2D eigenvalue weighted by Crippen LogP contribution is -2.31. The van der Waals surface area contributed by atoms with E-state index in [1.54, 1.807) is 0 Å². The monoisotopic (exact) mass is 276 g/mol. The van der Waals surface area contributed by atoms with Crippen LogP contribution in [-0.2, 0) is 12.0 Å². The number of allylic oxidation sites excluding steroid dienone is 2. The van der Waals surface area contributed by atoms with Gasteiger partial charge in [-0.15, -0.1) is 0 Å². The summed E-state index contributed by atoms with van der Waals surface area (Å²) in [6, 6.07) is 20.2. The van der Waals surface area contributed by atoms with Crippen molar-refractivity contribution < 1.29 is 5.11 Å². The maximum absolute atomic E-state index is 11.4. The number of aliphatic hydroxyl groups is 1. The lowest BCUT2D eigenvalue weighted by Gasteiger charge is -2.31. The van der Waals surface area contributed by atoms with Gasteiger partial charge in [0.15, 0.2) is 0 Å². The molecule has 0 radical (unpaired) electrons. The number of hydrogen-bond acceptors (Lipinski definition) is 1. The zero-order valence-electron chi connectivity index (χ0n) is 12.1. The molecule has 0 saturated carbocycles. The zero-order chi connectivity index (χ0) is 14.5. The molecule has 1 aliphatic rings. The van der Waals surface area contributed by atoms with Crippen LogP contribution >= 0.6 is 0 Å². The first kappa shape index (κ1) is 13.8. The molecule has 0 saturated heterocycles. The first-order valence-electron chi connectivity index (χ1n) is 7.48. The molecule has 0 aromatic heterocycles. The van der Waals surface area contributed by atoms with Crippen LogP contribution < -0.4 is 0 Å². The van der Waals surface area contributed by atoms with E-state index in [1.165, 1.54) is 0 Å². The highest BCUT2D eigenvalue weighted by Crippen LogP contribution is 2.35. The Labute approximate surface area is 126 Å². The van der Waals surface area contributed by atoms with Crippen LogP contribution in [0.2, 0.25) is 0 Å². The largest absolute Gasteiger partial charge is 0.380 e. The molecule has 0 amide bonds. The minimum Gasteiger partial charge on any atom is -0.380 e. The van der Waals surface area contributed by atoms with Gasteiger partial charge in [0.05, 0.1) is 0 Å². The summed E-state index contributed by atoms with van der Waals surface area (Å²) >= 11 is 0. The Morgan fingerprint density at radius 1 is 0.857 bits per heavy atom. The number of hydrogen-bond donors (Lipinski definition) is 1. The molecule has 0 fully saturated rings. The van der Waals surface area contributed by atoms with Crippen molar-refractivity contribution in [3.05, 3.63) is 95.6 Å². The highest BCUT2D eigenvalue weighted by atomic mass is 16.3. The first-order chi connectivity index (χ1) is 10.3. The van der Waals surface area contributed by atoms with Crippen molar-refractivity contribution in [1.82, 2.24) is 0 Å². The van der Waals surface area contributed by atoms with Crippen molar-refractivity contribution in [2.75, 3.05) is 0 Å². The van der Waals surface area contributed by atoms with E-state index in [0.29, 0.717) is 6.42 Å². The van der Waals surface area contributed by atoms with E-state index in [2.05, 4.69) is 30.4 Å². The second kappa shape index (κ2) is 6.11. The van der Waals surface area contributed by atoms with Crippen molar-refractivity contribution in [2.24, 2.45) is 0 Å².